The normalized spacial score (nSPS) is 38.0. The Kier molecular flexibility index (Phi) is 1.62. The van der Waals surface area contributed by atoms with Gasteiger partial charge in [0.1, 0.15) is 0 Å². The standard InChI is InChI=1S/C10H16N2O/c13-10(7-1-2-7)12-8-3-4-9(12)6-11-5-8/h7-9,11H,1-6H2. The van der Waals surface area contributed by atoms with E-state index < -0.39 is 0 Å². The Hall–Kier alpha value is -0.570. The van der Waals surface area contributed by atoms with Gasteiger partial charge < -0.3 is 10.2 Å². The Morgan fingerprint density at radius 1 is 1.08 bits per heavy atom. The van der Waals surface area contributed by atoms with Gasteiger partial charge in [0.15, 0.2) is 0 Å². The lowest BCUT2D eigenvalue weighted by Gasteiger charge is -2.35. The Morgan fingerprint density at radius 2 is 1.69 bits per heavy atom. The smallest absolute Gasteiger partial charge is 0.226 e. The molecule has 2 saturated heterocycles. The summed E-state index contributed by atoms with van der Waals surface area (Å²) >= 11 is 0. The number of nitrogens with zero attached hydrogens (tertiary/aromatic N) is 1. The number of hydrogen-bond donors (Lipinski definition) is 1. The topological polar surface area (TPSA) is 32.3 Å². The molecule has 2 atom stereocenters. The molecule has 1 N–H and O–H groups in total. The first-order valence-electron chi connectivity index (χ1n) is 5.39. The fourth-order valence-electron chi connectivity index (χ4n) is 2.68. The van der Waals surface area contributed by atoms with Gasteiger partial charge in [-0.05, 0) is 25.7 Å². The number of fused-ring (bicyclic) bond motifs is 2. The Balaban J connectivity index is 1.78. The molecule has 3 fully saturated rings. The number of carbonyl (C=O) groups is 1. The summed E-state index contributed by atoms with van der Waals surface area (Å²) in [6.45, 7) is 2.05. The van der Waals surface area contributed by atoms with Gasteiger partial charge >= 0.3 is 0 Å². The minimum atomic E-state index is 0.404. The van der Waals surface area contributed by atoms with Crippen LogP contribution in [0.3, 0.4) is 0 Å². The van der Waals surface area contributed by atoms with Crippen molar-refractivity contribution < 1.29 is 4.79 Å². The van der Waals surface area contributed by atoms with Gasteiger partial charge in [0.05, 0.1) is 0 Å². The van der Waals surface area contributed by atoms with Crippen LogP contribution in [0.4, 0.5) is 0 Å². The molecular formula is C10H16N2O. The van der Waals surface area contributed by atoms with Crippen molar-refractivity contribution in [1.29, 1.82) is 0 Å². The molecule has 1 aliphatic carbocycles. The molecule has 0 radical (unpaired) electrons. The second-order valence-electron chi connectivity index (χ2n) is 4.56. The highest BCUT2D eigenvalue weighted by Gasteiger charge is 2.44. The van der Waals surface area contributed by atoms with E-state index in [0.29, 0.717) is 23.9 Å². The zero-order chi connectivity index (χ0) is 8.84. The third kappa shape index (κ3) is 1.17. The molecule has 2 unspecified atom stereocenters. The second kappa shape index (κ2) is 2.71. The van der Waals surface area contributed by atoms with Crippen LogP contribution in [0.15, 0.2) is 0 Å². The van der Waals surface area contributed by atoms with Crippen LogP contribution >= 0.6 is 0 Å². The first-order valence-corrected chi connectivity index (χ1v) is 5.39. The molecule has 0 spiro atoms. The van der Waals surface area contributed by atoms with Crippen LogP contribution in [-0.2, 0) is 4.79 Å². The molecule has 3 aliphatic rings. The SMILES string of the molecule is O=C(C1CC1)N1C2CCC1CNC2. The van der Waals surface area contributed by atoms with Crippen LogP contribution in [0.5, 0.6) is 0 Å². The van der Waals surface area contributed by atoms with Crippen molar-refractivity contribution in [2.75, 3.05) is 13.1 Å². The predicted octanol–water partition coefficient (Wildman–Crippen LogP) is 0.359. The van der Waals surface area contributed by atoms with Crippen LogP contribution in [-0.4, -0.2) is 36.0 Å². The molecule has 13 heavy (non-hydrogen) atoms. The number of amides is 1. The quantitative estimate of drug-likeness (QED) is 0.632. The highest BCUT2D eigenvalue weighted by atomic mass is 16.2. The Labute approximate surface area is 78.5 Å². The molecular weight excluding hydrogens is 164 g/mol. The predicted molar refractivity (Wildman–Crippen MR) is 49.2 cm³/mol. The van der Waals surface area contributed by atoms with Gasteiger partial charge in [-0.1, -0.05) is 0 Å². The fraction of sp³-hybridized carbons (Fsp3) is 0.900. The summed E-state index contributed by atoms with van der Waals surface area (Å²) in [4.78, 5) is 14.1. The van der Waals surface area contributed by atoms with Gasteiger partial charge in [0, 0.05) is 31.1 Å². The van der Waals surface area contributed by atoms with E-state index in [1.165, 1.54) is 12.8 Å². The third-order valence-electron chi connectivity index (χ3n) is 3.56. The van der Waals surface area contributed by atoms with Crippen molar-refractivity contribution >= 4 is 5.91 Å². The monoisotopic (exact) mass is 180 g/mol. The molecule has 1 saturated carbocycles. The molecule has 3 nitrogen and oxygen atoms in total. The average Bonchev–Trinajstić information content (AvgIpc) is 2.92. The molecule has 0 aromatic carbocycles. The van der Waals surface area contributed by atoms with Crippen molar-refractivity contribution in [3.8, 4) is 0 Å². The molecule has 3 heteroatoms. The number of piperazine rings is 1. The zero-order valence-electron chi connectivity index (χ0n) is 7.83. The van der Waals surface area contributed by atoms with Crippen molar-refractivity contribution in [1.82, 2.24) is 10.2 Å². The van der Waals surface area contributed by atoms with E-state index in [0.717, 1.165) is 25.9 Å². The molecule has 72 valence electrons. The van der Waals surface area contributed by atoms with Gasteiger partial charge in [-0.3, -0.25) is 4.79 Å². The minimum absolute atomic E-state index is 0.404. The van der Waals surface area contributed by atoms with Crippen molar-refractivity contribution in [2.45, 2.75) is 37.8 Å². The molecule has 0 aromatic rings. The lowest BCUT2D eigenvalue weighted by atomic mass is 10.2. The number of rotatable bonds is 1. The summed E-state index contributed by atoms with van der Waals surface area (Å²) in [7, 11) is 0. The van der Waals surface area contributed by atoms with Gasteiger partial charge in [0.2, 0.25) is 5.91 Å². The highest BCUT2D eigenvalue weighted by Crippen LogP contribution is 2.36. The Morgan fingerprint density at radius 3 is 2.23 bits per heavy atom. The number of nitrogens with one attached hydrogen (secondary N) is 1. The van der Waals surface area contributed by atoms with E-state index in [2.05, 4.69) is 10.2 Å². The Bertz CT molecular complexity index is 221. The molecule has 2 aliphatic heterocycles. The summed E-state index contributed by atoms with van der Waals surface area (Å²) in [6.07, 6.45) is 4.72. The maximum atomic E-state index is 11.9. The molecule has 2 heterocycles. The van der Waals surface area contributed by atoms with Crippen LogP contribution in [0.2, 0.25) is 0 Å². The van der Waals surface area contributed by atoms with E-state index in [1.807, 2.05) is 0 Å². The molecule has 2 bridgehead atoms. The average molecular weight is 180 g/mol. The molecule has 1 amide bonds. The van der Waals surface area contributed by atoms with E-state index in [-0.39, 0.29) is 0 Å². The summed E-state index contributed by atoms with van der Waals surface area (Å²) < 4.78 is 0. The first kappa shape index (κ1) is 7.80. The number of hydrogen-bond acceptors (Lipinski definition) is 2. The van der Waals surface area contributed by atoms with Gasteiger partial charge in [0.25, 0.3) is 0 Å². The fourth-order valence-corrected chi connectivity index (χ4v) is 2.68. The molecule has 0 aromatic heterocycles. The van der Waals surface area contributed by atoms with Gasteiger partial charge in [-0.25, -0.2) is 0 Å². The zero-order valence-corrected chi connectivity index (χ0v) is 7.83. The van der Waals surface area contributed by atoms with Crippen LogP contribution in [0, 0.1) is 5.92 Å². The first-order chi connectivity index (χ1) is 6.36. The van der Waals surface area contributed by atoms with Crippen LogP contribution < -0.4 is 5.32 Å². The van der Waals surface area contributed by atoms with Crippen LogP contribution in [0.25, 0.3) is 0 Å². The second-order valence-corrected chi connectivity index (χ2v) is 4.56. The van der Waals surface area contributed by atoms with Crippen molar-refractivity contribution in [3.63, 3.8) is 0 Å². The summed E-state index contributed by atoms with van der Waals surface area (Å²) in [5.41, 5.74) is 0. The summed E-state index contributed by atoms with van der Waals surface area (Å²) in [5.74, 6) is 0.857. The maximum Gasteiger partial charge on any atom is 0.226 e. The van der Waals surface area contributed by atoms with E-state index in [1.54, 1.807) is 0 Å². The minimum Gasteiger partial charge on any atom is -0.334 e. The van der Waals surface area contributed by atoms with E-state index >= 15 is 0 Å². The maximum absolute atomic E-state index is 11.9. The van der Waals surface area contributed by atoms with Gasteiger partial charge in [-0.15, -0.1) is 0 Å². The lowest BCUT2D eigenvalue weighted by molar-refractivity contribution is -0.136. The third-order valence-corrected chi connectivity index (χ3v) is 3.56. The largest absolute Gasteiger partial charge is 0.334 e. The highest BCUT2D eigenvalue weighted by molar-refractivity contribution is 5.82. The van der Waals surface area contributed by atoms with Crippen molar-refractivity contribution in [2.24, 2.45) is 5.92 Å². The van der Waals surface area contributed by atoms with Crippen LogP contribution in [0.1, 0.15) is 25.7 Å². The van der Waals surface area contributed by atoms with E-state index in [9.17, 15) is 4.79 Å². The number of carbonyl (C=O) groups excluding carboxylic acids is 1. The lowest BCUT2D eigenvalue weighted by Crippen LogP contribution is -2.54. The summed E-state index contributed by atoms with van der Waals surface area (Å²) in [5, 5.41) is 3.40. The van der Waals surface area contributed by atoms with Crippen molar-refractivity contribution in [3.05, 3.63) is 0 Å². The van der Waals surface area contributed by atoms with Gasteiger partial charge in [-0.2, -0.15) is 0 Å². The summed E-state index contributed by atoms with van der Waals surface area (Å²) in [6, 6.07) is 1.04. The van der Waals surface area contributed by atoms with E-state index in [4.69, 9.17) is 0 Å². The molecule has 3 rings (SSSR count).